The molecule has 0 saturated heterocycles. The third-order valence-electron chi connectivity index (χ3n) is 2.78. The predicted molar refractivity (Wildman–Crippen MR) is 74.6 cm³/mol. The molecule has 2 aromatic heterocycles. The maximum atomic E-state index is 6.27. The fourth-order valence-corrected chi connectivity index (χ4v) is 2.18. The van der Waals surface area contributed by atoms with Crippen LogP contribution in [0.2, 0.25) is 5.02 Å². The van der Waals surface area contributed by atoms with Gasteiger partial charge in [0, 0.05) is 12.4 Å². The minimum absolute atomic E-state index is 0.606. The van der Waals surface area contributed by atoms with Gasteiger partial charge in [0.25, 0.3) is 0 Å². The highest BCUT2D eigenvalue weighted by Crippen LogP contribution is 2.28. The molecule has 3 rings (SSSR count). The van der Waals surface area contributed by atoms with Crippen molar-refractivity contribution in [3.8, 4) is 5.69 Å². The Labute approximate surface area is 115 Å². The number of aromatic nitrogens is 2. The summed E-state index contributed by atoms with van der Waals surface area (Å²) in [5, 5.41) is 3.99. The van der Waals surface area contributed by atoms with E-state index in [9.17, 15) is 0 Å². The topological polar surface area (TPSA) is 43.0 Å². The summed E-state index contributed by atoms with van der Waals surface area (Å²) >= 11 is 6.27. The van der Waals surface area contributed by atoms with E-state index >= 15 is 0 Å². The Kier molecular flexibility index (Phi) is 3.25. The van der Waals surface area contributed by atoms with E-state index in [1.54, 1.807) is 18.8 Å². The first kappa shape index (κ1) is 11.9. The van der Waals surface area contributed by atoms with Gasteiger partial charge in [-0.05, 0) is 24.3 Å². The van der Waals surface area contributed by atoms with Gasteiger partial charge in [-0.3, -0.25) is 0 Å². The SMILES string of the molecule is Clc1cccc(NCc2ccco2)c1-n1ccnc1. The van der Waals surface area contributed by atoms with Crippen molar-refractivity contribution in [3.63, 3.8) is 0 Å². The Hall–Kier alpha value is -2.20. The molecule has 2 heterocycles. The van der Waals surface area contributed by atoms with Crippen molar-refractivity contribution in [2.75, 3.05) is 5.32 Å². The van der Waals surface area contributed by atoms with Gasteiger partial charge in [-0.2, -0.15) is 0 Å². The summed E-state index contributed by atoms with van der Waals surface area (Å²) in [6.45, 7) is 0.606. The molecule has 0 unspecified atom stereocenters. The molecule has 0 aliphatic heterocycles. The number of nitrogens with zero attached hydrogens (tertiary/aromatic N) is 2. The number of hydrogen-bond acceptors (Lipinski definition) is 3. The maximum Gasteiger partial charge on any atom is 0.122 e. The molecule has 0 fully saturated rings. The monoisotopic (exact) mass is 273 g/mol. The Morgan fingerprint density at radius 1 is 1.26 bits per heavy atom. The first-order valence-electron chi connectivity index (χ1n) is 5.88. The van der Waals surface area contributed by atoms with Crippen LogP contribution < -0.4 is 5.32 Å². The molecule has 0 atom stereocenters. The van der Waals surface area contributed by atoms with Crippen LogP contribution in [-0.4, -0.2) is 9.55 Å². The summed E-state index contributed by atoms with van der Waals surface area (Å²) in [5.41, 5.74) is 1.81. The van der Waals surface area contributed by atoms with Crippen LogP contribution in [0.15, 0.2) is 59.7 Å². The van der Waals surface area contributed by atoms with E-state index in [0.717, 1.165) is 17.1 Å². The lowest BCUT2D eigenvalue weighted by Gasteiger charge is -2.13. The Bertz CT molecular complexity index is 647. The van der Waals surface area contributed by atoms with Crippen LogP contribution in [0, 0.1) is 0 Å². The zero-order chi connectivity index (χ0) is 13.1. The molecule has 0 spiro atoms. The number of benzene rings is 1. The zero-order valence-corrected chi connectivity index (χ0v) is 10.8. The maximum absolute atomic E-state index is 6.27. The highest BCUT2D eigenvalue weighted by atomic mass is 35.5. The highest BCUT2D eigenvalue weighted by Gasteiger charge is 2.09. The summed E-state index contributed by atoms with van der Waals surface area (Å²) in [7, 11) is 0. The smallest absolute Gasteiger partial charge is 0.122 e. The minimum Gasteiger partial charge on any atom is -0.467 e. The fraction of sp³-hybridized carbons (Fsp3) is 0.0714. The van der Waals surface area contributed by atoms with Crippen LogP contribution in [0.4, 0.5) is 5.69 Å². The lowest BCUT2D eigenvalue weighted by molar-refractivity contribution is 0.518. The molecule has 1 N–H and O–H groups in total. The van der Waals surface area contributed by atoms with Crippen LogP contribution in [0.5, 0.6) is 0 Å². The minimum atomic E-state index is 0.606. The molecule has 0 bridgehead atoms. The molecule has 96 valence electrons. The van der Waals surface area contributed by atoms with E-state index < -0.39 is 0 Å². The van der Waals surface area contributed by atoms with Gasteiger partial charge in [0.1, 0.15) is 5.76 Å². The van der Waals surface area contributed by atoms with E-state index in [0.29, 0.717) is 11.6 Å². The molecule has 0 radical (unpaired) electrons. The summed E-state index contributed by atoms with van der Waals surface area (Å²) in [6, 6.07) is 9.53. The quantitative estimate of drug-likeness (QED) is 0.788. The molecular formula is C14H12ClN3O. The highest BCUT2D eigenvalue weighted by molar-refractivity contribution is 6.33. The van der Waals surface area contributed by atoms with Crippen LogP contribution >= 0.6 is 11.6 Å². The van der Waals surface area contributed by atoms with Gasteiger partial charge in [0.05, 0.1) is 35.5 Å². The molecule has 5 heteroatoms. The van der Waals surface area contributed by atoms with Crippen LogP contribution in [0.3, 0.4) is 0 Å². The van der Waals surface area contributed by atoms with Crippen molar-refractivity contribution in [2.45, 2.75) is 6.54 Å². The van der Waals surface area contributed by atoms with Crippen molar-refractivity contribution >= 4 is 17.3 Å². The molecule has 19 heavy (non-hydrogen) atoms. The molecular weight excluding hydrogens is 262 g/mol. The van der Waals surface area contributed by atoms with E-state index in [2.05, 4.69) is 10.3 Å². The van der Waals surface area contributed by atoms with Gasteiger partial charge in [-0.1, -0.05) is 17.7 Å². The average molecular weight is 274 g/mol. The summed E-state index contributed by atoms with van der Waals surface area (Å²) in [5.74, 6) is 0.872. The van der Waals surface area contributed by atoms with Gasteiger partial charge in [0.2, 0.25) is 0 Å². The van der Waals surface area contributed by atoms with Crippen LogP contribution in [-0.2, 0) is 6.54 Å². The van der Waals surface area contributed by atoms with Crippen molar-refractivity contribution < 1.29 is 4.42 Å². The molecule has 0 aliphatic rings. The Morgan fingerprint density at radius 3 is 2.95 bits per heavy atom. The molecule has 4 nitrogen and oxygen atoms in total. The van der Waals surface area contributed by atoms with Crippen LogP contribution in [0.25, 0.3) is 5.69 Å². The first-order valence-corrected chi connectivity index (χ1v) is 6.25. The molecule has 0 saturated carbocycles. The van der Waals surface area contributed by atoms with Gasteiger partial charge in [0.15, 0.2) is 0 Å². The van der Waals surface area contributed by atoms with E-state index in [-0.39, 0.29) is 0 Å². The third kappa shape index (κ3) is 2.48. The average Bonchev–Trinajstić information content (AvgIpc) is 3.09. The standard InChI is InChI=1S/C14H12ClN3O/c15-12-4-1-5-13(14(12)18-7-6-16-10-18)17-9-11-3-2-8-19-11/h1-8,10,17H,9H2. The summed E-state index contributed by atoms with van der Waals surface area (Å²) in [6.07, 6.45) is 6.96. The van der Waals surface area contributed by atoms with Crippen LogP contribution in [0.1, 0.15) is 5.76 Å². The van der Waals surface area contributed by atoms with Crippen molar-refractivity contribution in [1.29, 1.82) is 0 Å². The molecule has 1 aromatic carbocycles. The van der Waals surface area contributed by atoms with E-state index in [4.69, 9.17) is 16.0 Å². The fourth-order valence-electron chi connectivity index (χ4n) is 1.91. The van der Waals surface area contributed by atoms with Gasteiger partial charge >= 0.3 is 0 Å². The van der Waals surface area contributed by atoms with E-state index in [1.165, 1.54) is 0 Å². The summed E-state index contributed by atoms with van der Waals surface area (Å²) in [4.78, 5) is 4.05. The van der Waals surface area contributed by atoms with Crippen molar-refractivity contribution in [3.05, 3.63) is 66.1 Å². The molecule has 3 aromatic rings. The molecule has 0 aliphatic carbocycles. The van der Waals surface area contributed by atoms with Crippen molar-refractivity contribution in [2.24, 2.45) is 0 Å². The largest absolute Gasteiger partial charge is 0.467 e. The predicted octanol–water partition coefficient (Wildman–Crippen LogP) is 3.73. The normalized spacial score (nSPS) is 10.6. The number of hydrogen-bond donors (Lipinski definition) is 1. The van der Waals surface area contributed by atoms with Crippen molar-refractivity contribution in [1.82, 2.24) is 9.55 Å². The lowest BCUT2D eigenvalue weighted by atomic mass is 10.2. The number of para-hydroxylation sites is 1. The van der Waals surface area contributed by atoms with E-state index in [1.807, 2.05) is 41.1 Å². The Morgan fingerprint density at radius 2 is 2.21 bits per heavy atom. The first-order chi connectivity index (χ1) is 9.34. The second kappa shape index (κ2) is 5.20. The Balaban J connectivity index is 1.91. The molecule has 0 amide bonds. The number of rotatable bonds is 4. The zero-order valence-electron chi connectivity index (χ0n) is 10.1. The number of nitrogens with one attached hydrogen (secondary N) is 1. The third-order valence-corrected chi connectivity index (χ3v) is 3.09. The number of furan rings is 1. The number of halogens is 1. The van der Waals surface area contributed by atoms with Gasteiger partial charge in [-0.25, -0.2) is 4.98 Å². The number of anilines is 1. The van der Waals surface area contributed by atoms with Gasteiger partial charge < -0.3 is 14.3 Å². The summed E-state index contributed by atoms with van der Waals surface area (Å²) < 4.78 is 7.18. The van der Waals surface area contributed by atoms with Gasteiger partial charge in [-0.15, -0.1) is 0 Å². The second-order valence-corrected chi connectivity index (χ2v) is 4.45. The number of imidazole rings is 1. The second-order valence-electron chi connectivity index (χ2n) is 4.04. The lowest BCUT2D eigenvalue weighted by Crippen LogP contribution is -2.03.